The van der Waals surface area contributed by atoms with E-state index >= 15 is 0 Å². The van der Waals surface area contributed by atoms with E-state index in [0.29, 0.717) is 12.0 Å². The molecule has 0 unspecified atom stereocenters. The zero-order valence-corrected chi connectivity index (χ0v) is 15.6. The number of benzene rings is 1. The third kappa shape index (κ3) is 2.99. The quantitative estimate of drug-likeness (QED) is 0.864. The number of nitrogens with zero attached hydrogens (tertiary/aromatic N) is 2. The van der Waals surface area contributed by atoms with Crippen molar-refractivity contribution in [3.05, 3.63) is 41.6 Å². The second-order valence-electron chi connectivity index (χ2n) is 8.32. The number of aromatic nitrogens is 2. The van der Waals surface area contributed by atoms with Crippen molar-refractivity contribution in [1.29, 1.82) is 0 Å². The fourth-order valence-electron chi connectivity index (χ4n) is 4.85. The summed E-state index contributed by atoms with van der Waals surface area (Å²) in [5.74, 6) is 0.768. The number of hydrogen-bond donors (Lipinski definition) is 2. The number of carbonyl (C=O) groups excluding carboxylic acids is 1. The maximum absolute atomic E-state index is 12.3. The first-order valence-corrected chi connectivity index (χ1v) is 10.3. The first-order chi connectivity index (χ1) is 13.2. The summed E-state index contributed by atoms with van der Waals surface area (Å²) in [6, 6.07) is 8.63. The molecule has 27 heavy (non-hydrogen) atoms. The molecule has 0 radical (unpaired) electrons. The molecule has 0 bridgehead atoms. The van der Waals surface area contributed by atoms with Crippen molar-refractivity contribution in [3.8, 4) is 11.3 Å². The smallest absolute Gasteiger partial charge is 0.251 e. The summed E-state index contributed by atoms with van der Waals surface area (Å²) < 4.78 is 0. The SMILES string of the molecule is O=C1NCC2(CCC2)c2cc(-c3ccnc(NC4CCCCC4)n3)ccc21. The largest absolute Gasteiger partial charge is 0.351 e. The first-order valence-electron chi connectivity index (χ1n) is 10.3. The van der Waals surface area contributed by atoms with Gasteiger partial charge >= 0.3 is 0 Å². The lowest BCUT2D eigenvalue weighted by Gasteiger charge is -2.46. The van der Waals surface area contributed by atoms with Crippen molar-refractivity contribution in [2.45, 2.75) is 62.8 Å². The maximum atomic E-state index is 12.3. The zero-order valence-electron chi connectivity index (χ0n) is 15.6. The molecule has 0 atom stereocenters. The molecular formula is C22H26N4O. The van der Waals surface area contributed by atoms with Crippen LogP contribution in [0.4, 0.5) is 5.95 Å². The molecule has 2 saturated carbocycles. The Kier molecular flexibility index (Phi) is 4.10. The summed E-state index contributed by atoms with van der Waals surface area (Å²) in [5.41, 5.74) is 4.17. The standard InChI is InChI=1S/C22H26N4O/c27-20-17-8-7-15(13-18(17)22(14-24-20)10-4-11-22)19-9-12-23-21(26-19)25-16-5-2-1-3-6-16/h7-9,12-13,16H,1-6,10-11,14H2,(H,24,27)(H,23,25,26). The first kappa shape index (κ1) is 16.7. The van der Waals surface area contributed by atoms with E-state index < -0.39 is 0 Å². The van der Waals surface area contributed by atoms with Gasteiger partial charge < -0.3 is 10.6 Å². The van der Waals surface area contributed by atoms with Crippen molar-refractivity contribution in [2.24, 2.45) is 0 Å². The highest BCUT2D eigenvalue weighted by Gasteiger charge is 2.44. The highest BCUT2D eigenvalue weighted by Crippen LogP contribution is 2.47. The van der Waals surface area contributed by atoms with E-state index in [1.54, 1.807) is 0 Å². The van der Waals surface area contributed by atoms with Crippen molar-refractivity contribution < 1.29 is 4.79 Å². The molecule has 2 aliphatic carbocycles. The van der Waals surface area contributed by atoms with E-state index in [-0.39, 0.29) is 11.3 Å². The zero-order chi connectivity index (χ0) is 18.3. The number of nitrogens with one attached hydrogen (secondary N) is 2. The van der Waals surface area contributed by atoms with Crippen LogP contribution in [0.5, 0.6) is 0 Å². The molecule has 0 saturated heterocycles. The average molecular weight is 362 g/mol. The van der Waals surface area contributed by atoms with Crippen LogP contribution in [-0.4, -0.2) is 28.5 Å². The minimum atomic E-state index is 0.0522. The van der Waals surface area contributed by atoms with Gasteiger partial charge in [0.15, 0.2) is 0 Å². The van der Waals surface area contributed by atoms with Crippen LogP contribution in [0, 0.1) is 0 Å². The summed E-state index contributed by atoms with van der Waals surface area (Å²) >= 11 is 0. The summed E-state index contributed by atoms with van der Waals surface area (Å²) in [5, 5.41) is 6.58. The van der Waals surface area contributed by atoms with E-state index in [1.807, 2.05) is 24.4 Å². The van der Waals surface area contributed by atoms with Crippen molar-refractivity contribution in [1.82, 2.24) is 15.3 Å². The number of hydrogen-bond acceptors (Lipinski definition) is 4. The van der Waals surface area contributed by atoms with Crippen LogP contribution in [0.15, 0.2) is 30.5 Å². The predicted molar refractivity (Wildman–Crippen MR) is 106 cm³/mol. The van der Waals surface area contributed by atoms with Gasteiger partial charge in [-0.05, 0) is 49.4 Å². The molecule has 2 N–H and O–H groups in total. The second kappa shape index (κ2) is 6.63. The Balaban J connectivity index is 1.46. The Hall–Kier alpha value is -2.43. The average Bonchev–Trinajstić information content (AvgIpc) is 2.68. The van der Waals surface area contributed by atoms with Crippen LogP contribution >= 0.6 is 0 Å². The summed E-state index contributed by atoms with van der Waals surface area (Å²) in [4.78, 5) is 21.5. The van der Waals surface area contributed by atoms with Crippen LogP contribution in [-0.2, 0) is 5.41 Å². The third-order valence-corrected chi connectivity index (χ3v) is 6.62. The van der Waals surface area contributed by atoms with Gasteiger partial charge in [0.1, 0.15) is 0 Å². The lowest BCUT2D eigenvalue weighted by atomic mass is 9.61. The Morgan fingerprint density at radius 3 is 2.70 bits per heavy atom. The summed E-state index contributed by atoms with van der Waals surface area (Å²) in [6.07, 6.45) is 11.7. The molecule has 2 heterocycles. The van der Waals surface area contributed by atoms with E-state index in [1.165, 1.54) is 44.1 Å². The Labute approximate surface area is 160 Å². The molecule has 2 fully saturated rings. The van der Waals surface area contributed by atoms with E-state index in [0.717, 1.165) is 36.2 Å². The topological polar surface area (TPSA) is 66.9 Å². The Morgan fingerprint density at radius 2 is 1.93 bits per heavy atom. The normalized spacial score (nSPS) is 21.3. The molecule has 1 aliphatic heterocycles. The van der Waals surface area contributed by atoms with E-state index in [4.69, 9.17) is 4.98 Å². The molecule has 140 valence electrons. The number of anilines is 1. The molecule has 5 nitrogen and oxygen atoms in total. The van der Waals surface area contributed by atoms with Crippen molar-refractivity contribution >= 4 is 11.9 Å². The molecule has 3 aliphatic rings. The number of fused-ring (bicyclic) bond motifs is 2. The van der Waals surface area contributed by atoms with Gasteiger partial charge in [-0.2, -0.15) is 0 Å². The van der Waals surface area contributed by atoms with Crippen LogP contribution in [0.3, 0.4) is 0 Å². The minimum Gasteiger partial charge on any atom is -0.351 e. The molecule has 1 aromatic carbocycles. The van der Waals surface area contributed by atoms with Gasteiger partial charge in [-0.1, -0.05) is 31.7 Å². The molecule has 5 heteroatoms. The molecule has 1 aromatic heterocycles. The molecule has 1 spiro atoms. The lowest BCUT2D eigenvalue weighted by Crippen LogP contribution is -2.50. The predicted octanol–water partition coefficient (Wildman–Crippen LogP) is 4.05. The maximum Gasteiger partial charge on any atom is 0.251 e. The van der Waals surface area contributed by atoms with Gasteiger partial charge in [-0.15, -0.1) is 0 Å². The third-order valence-electron chi connectivity index (χ3n) is 6.62. The molecule has 5 rings (SSSR count). The van der Waals surface area contributed by atoms with E-state index in [2.05, 4.69) is 21.7 Å². The van der Waals surface area contributed by atoms with Crippen molar-refractivity contribution in [2.75, 3.05) is 11.9 Å². The summed E-state index contributed by atoms with van der Waals surface area (Å²) in [6.45, 7) is 0.764. The second-order valence-corrected chi connectivity index (χ2v) is 8.32. The van der Waals surface area contributed by atoms with Crippen LogP contribution in [0.2, 0.25) is 0 Å². The lowest BCUT2D eigenvalue weighted by molar-refractivity contribution is 0.0896. The fraction of sp³-hybridized carbons (Fsp3) is 0.500. The van der Waals surface area contributed by atoms with Gasteiger partial charge in [-0.25, -0.2) is 9.97 Å². The molecule has 2 aromatic rings. The Morgan fingerprint density at radius 1 is 1.07 bits per heavy atom. The number of amides is 1. The van der Waals surface area contributed by atoms with Gasteiger partial charge in [0.05, 0.1) is 5.69 Å². The van der Waals surface area contributed by atoms with Gasteiger partial charge in [0, 0.05) is 35.3 Å². The van der Waals surface area contributed by atoms with Crippen LogP contribution < -0.4 is 10.6 Å². The van der Waals surface area contributed by atoms with Gasteiger partial charge in [0.25, 0.3) is 5.91 Å². The number of rotatable bonds is 3. The van der Waals surface area contributed by atoms with E-state index in [9.17, 15) is 4.79 Å². The Bertz CT molecular complexity index is 868. The molecule has 1 amide bonds. The van der Waals surface area contributed by atoms with Crippen molar-refractivity contribution in [3.63, 3.8) is 0 Å². The van der Waals surface area contributed by atoms with Gasteiger partial charge in [-0.3, -0.25) is 4.79 Å². The highest BCUT2D eigenvalue weighted by atomic mass is 16.1. The fourth-order valence-corrected chi connectivity index (χ4v) is 4.85. The minimum absolute atomic E-state index is 0.0522. The number of carbonyl (C=O) groups is 1. The monoisotopic (exact) mass is 362 g/mol. The van der Waals surface area contributed by atoms with Crippen LogP contribution in [0.25, 0.3) is 11.3 Å². The summed E-state index contributed by atoms with van der Waals surface area (Å²) in [7, 11) is 0. The molecular weight excluding hydrogens is 336 g/mol. The van der Waals surface area contributed by atoms with Gasteiger partial charge in [0.2, 0.25) is 5.95 Å². The van der Waals surface area contributed by atoms with Crippen LogP contribution in [0.1, 0.15) is 67.3 Å². The highest BCUT2D eigenvalue weighted by molar-refractivity contribution is 5.98.